The van der Waals surface area contributed by atoms with Crippen molar-refractivity contribution in [2.45, 2.75) is 27.7 Å². The molecular formula is C24H24ClN3O. The van der Waals surface area contributed by atoms with Crippen LogP contribution in [0.3, 0.4) is 0 Å². The Morgan fingerprint density at radius 2 is 1.66 bits per heavy atom. The summed E-state index contributed by atoms with van der Waals surface area (Å²) in [6.45, 7) is 7.75. The average Bonchev–Trinajstić information content (AvgIpc) is 2.73. The van der Waals surface area contributed by atoms with Crippen molar-refractivity contribution in [3.63, 3.8) is 0 Å². The number of nitrogens with one attached hydrogen (secondary N) is 2. The second-order valence-corrected chi connectivity index (χ2v) is 7.45. The fraction of sp³-hybridized carbons (Fsp3) is 0.167. The molecule has 5 heteroatoms. The van der Waals surface area contributed by atoms with Gasteiger partial charge in [-0.1, -0.05) is 41.9 Å². The lowest BCUT2D eigenvalue weighted by atomic mass is 10.1. The van der Waals surface area contributed by atoms with Crippen LogP contribution in [0, 0.1) is 27.7 Å². The van der Waals surface area contributed by atoms with E-state index in [0.29, 0.717) is 16.4 Å². The summed E-state index contributed by atoms with van der Waals surface area (Å²) in [5.74, 6) is 0.478. The van der Waals surface area contributed by atoms with Crippen LogP contribution in [0.5, 0.6) is 0 Å². The third-order valence-electron chi connectivity index (χ3n) is 4.59. The van der Waals surface area contributed by atoms with E-state index < -0.39 is 0 Å². The molecule has 0 aliphatic heterocycles. The second-order valence-electron chi connectivity index (χ2n) is 7.04. The predicted molar refractivity (Wildman–Crippen MR) is 120 cm³/mol. The summed E-state index contributed by atoms with van der Waals surface area (Å²) in [7, 11) is 0. The number of carbonyl (C=O) groups excluding carboxylic acids is 1. The Hall–Kier alpha value is -3.11. The third-order valence-corrected chi connectivity index (χ3v) is 4.91. The van der Waals surface area contributed by atoms with Crippen LogP contribution in [-0.4, -0.2) is 15.9 Å². The van der Waals surface area contributed by atoms with E-state index in [1.54, 1.807) is 6.07 Å². The molecule has 4 nitrogen and oxygen atoms in total. The molecule has 3 rings (SSSR count). The molecule has 29 heavy (non-hydrogen) atoms. The van der Waals surface area contributed by atoms with Gasteiger partial charge < -0.3 is 10.3 Å². The number of aromatic amines is 1. The van der Waals surface area contributed by atoms with Gasteiger partial charge in [0, 0.05) is 28.2 Å². The zero-order valence-corrected chi connectivity index (χ0v) is 17.8. The topological polar surface area (TPSA) is 57.8 Å². The normalized spacial score (nSPS) is 10.4. The number of hydrogen-bond donors (Lipinski definition) is 2. The average molecular weight is 406 g/mol. The van der Waals surface area contributed by atoms with E-state index in [0.717, 1.165) is 33.8 Å². The van der Waals surface area contributed by atoms with Crippen LogP contribution < -0.4 is 5.32 Å². The first-order chi connectivity index (χ1) is 13.8. The number of aryl methyl sites for hydroxylation is 4. The lowest BCUT2D eigenvalue weighted by Crippen LogP contribution is -2.12. The number of carbonyl (C=O) groups is 1. The molecule has 2 aromatic carbocycles. The summed E-state index contributed by atoms with van der Waals surface area (Å²) in [6.07, 6.45) is 0. The van der Waals surface area contributed by atoms with E-state index in [1.807, 2.05) is 82.3 Å². The highest BCUT2D eigenvalue weighted by atomic mass is 35.5. The van der Waals surface area contributed by atoms with Crippen molar-refractivity contribution in [3.8, 4) is 11.4 Å². The van der Waals surface area contributed by atoms with Crippen molar-refractivity contribution in [2.75, 3.05) is 5.32 Å². The molecule has 0 aliphatic carbocycles. The van der Waals surface area contributed by atoms with Gasteiger partial charge in [-0.3, -0.25) is 4.79 Å². The Morgan fingerprint density at radius 3 is 2.38 bits per heavy atom. The smallest absolute Gasteiger partial charge is 0.255 e. The Balaban J connectivity index is 2.08. The lowest BCUT2D eigenvalue weighted by Gasteiger charge is -2.08. The van der Waals surface area contributed by atoms with Crippen LogP contribution in [0.1, 0.15) is 32.9 Å². The van der Waals surface area contributed by atoms with Crippen molar-refractivity contribution >= 4 is 23.2 Å². The van der Waals surface area contributed by atoms with Gasteiger partial charge in [-0.05, 0) is 69.2 Å². The van der Waals surface area contributed by atoms with Crippen molar-refractivity contribution in [1.29, 1.82) is 0 Å². The fourth-order valence-electron chi connectivity index (χ4n) is 3.06. The van der Waals surface area contributed by atoms with Gasteiger partial charge >= 0.3 is 0 Å². The van der Waals surface area contributed by atoms with E-state index in [-0.39, 0.29) is 5.91 Å². The lowest BCUT2D eigenvalue weighted by molar-refractivity contribution is 0.102. The molecule has 148 valence electrons. The molecule has 2 N–H and O–H groups in total. The second kappa shape index (κ2) is 8.93. The fourth-order valence-corrected chi connectivity index (χ4v) is 3.37. The molecule has 0 radical (unpaired) electrons. The van der Waals surface area contributed by atoms with Crippen molar-refractivity contribution in [1.82, 2.24) is 9.97 Å². The van der Waals surface area contributed by atoms with Gasteiger partial charge in [0.05, 0.1) is 5.02 Å². The van der Waals surface area contributed by atoms with Gasteiger partial charge in [-0.15, -0.1) is 0 Å². The molecule has 1 aromatic heterocycles. The SMILES string of the molecule is Cc1ccc(C(=O)Nc2ccccc2C)cc(C)[nH]c(-c2c(C)cccc2Cl)n1. The molecule has 3 aromatic rings. The number of para-hydroxylation sites is 1. The van der Waals surface area contributed by atoms with E-state index in [1.165, 1.54) is 0 Å². The molecule has 0 saturated heterocycles. The van der Waals surface area contributed by atoms with E-state index in [2.05, 4.69) is 10.3 Å². The molecule has 1 heterocycles. The van der Waals surface area contributed by atoms with E-state index in [4.69, 9.17) is 16.6 Å². The highest BCUT2D eigenvalue weighted by molar-refractivity contribution is 6.33. The van der Waals surface area contributed by atoms with Crippen LogP contribution in [-0.2, 0) is 0 Å². The van der Waals surface area contributed by atoms with Gasteiger partial charge in [0.25, 0.3) is 5.91 Å². The summed E-state index contributed by atoms with van der Waals surface area (Å²) in [5.41, 5.74) is 5.76. The predicted octanol–water partition coefficient (Wildman–Crippen LogP) is 6.34. The van der Waals surface area contributed by atoms with E-state index in [9.17, 15) is 4.79 Å². The molecule has 0 unspecified atom stereocenters. The van der Waals surface area contributed by atoms with Gasteiger partial charge in [0.15, 0.2) is 0 Å². The zero-order valence-electron chi connectivity index (χ0n) is 17.0. The monoisotopic (exact) mass is 405 g/mol. The van der Waals surface area contributed by atoms with Crippen LogP contribution in [0.15, 0.2) is 60.7 Å². The summed E-state index contributed by atoms with van der Waals surface area (Å²) < 4.78 is 0. The Labute approximate surface area is 176 Å². The number of benzene rings is 2. The van der Waals surface area contributed by atoms with Crippen LogP contribution in [0.2, 0.25) is 5.02 Å². The maximum atomic E-state index is 12.9. The highest BCUT2D eigenvalue weighted by Crippen LogP contribution is 2.28. The minimum Gasteiger partial charge on any atom is -0.343 e. The number of rotatable bonds is 3. The largest absolute Gasteiger partial charge is 0.343 e. The summed E-state index contributed by atoms with van der Waals surface area (Å²) in [4.78, 5) is 20.9. The van der Waals surface area contributed by atoms with Crippen LogP contribution in [0.25, 0.3) is 11.4 Å². The van der Waals surface area contributed by atoms with Crippen molar-refractivity contribution < 1.29 is 4.79 Å². The van der Waals surface area contributed by atoms with Crippen LogP contribution in [0.4, 0.5) is 5.69 Å². The quantitative estimate of drug-likeness (QED) is 0.534. The van der Waals surface area contributed by atoms with Gasteiger partial charge in [0.1, 0.15) is 5.82 Å². The summed E-state index contributed by atoms with van der Waals surface area (Å²) >= 11 is 6.44. The molecule has 0 spiro atoms. The maximum Gasteiger partial charge on any atom is 0.255 e. The molecular weight excluding hydrogens is 382 g/mol. The molecule has 0 bridgehead atoms. The molecule has 0 fully saturated rings. The molecule has 0 aliphatic rings. The minimum absolute atomic E-state index is 0.179. The maximum absolute atomic E-state index is 12.9. The molecule has 1 amide bonds. The van der Waals surface area contributed by atoms with Gasteiger partial charge in [-0.2, -0.15) is 0 Å². The minimum atomic E-state index is -0.179. The molecule has 0 saturated carbocycles. The Bertz CT molecular complexity index is 1100. The number of hydrogen-bond acceptors (Lipinski definition) is 2. The van der Waals surface area contributed by atoms with E-state index >= 15 is 0 Å². The number of nitrogens with zero attached hydrogens (tertiary/aromatic N) is 1. The number of H-pyrrole nitrogens is 1. The van der Waals surface area contributed by atoms with Crippen molar-refractivity contribution in [3.05, 3.63) is 93.8 Å². The number of halogens is 1. The first-order valence-corrected chi connectivity index (χ1v) is 9.78. The van der Waals surface area contributed by atoms with Crippen LogP contribution >= 0.6 is 11.6 Å². The Kier molecular flexibility index (Phi) is 6.35. The molecule has 0 atom stereocenters. The van der Waals surface area contributed by atoms with Gasteiger partial charge in [0.2, 0.25) is 0 Å². The summed E-state index contributed by atoms with van der Waals surface area (Å²) in [6, 6.07) is 18.9. The first-order valence-electron chi connectivity index (χ1n) is 9.40. The first kappa shape index (κ1) is 20.6. The zero-order chi connectivity index (χ0) is 21.0. The highest BCUT2D eigenvalue weighted by Gasteiger charge is 2.10. The number of anilines is 1. The number of aromatic nitrogens is 2. The number of amides is 1. The standard InChI is InChI=1S/C24H24ClN3O/c1-15-8-5-6-11-21(15)28-24(29)19-13-12-17(3)26-23(27-18(4)14-19)22-16(2)9-7-10-20(22)25/h5-14H,1-4H3,(H,26,27)(H,28,29). The van der Waals surface area contributed by atoms with Gasteiger partial charge in [-0.25, -0.2) is 4.98 Å². The summed E-state index contributed by atoms with van der Waals surface area (Å²) in [5, 5.41) is 3.60. The Morgan fingerprint density at radius 1 is 0.931 bits per heavy atom. The van der Waals surface area contributed by atoms with Crippen molar-refractivity contribution in [2.24, 2.45) is 0 Å². The third kappa shape index (κ3) is 5.04.